The first-order valence-corrected chi connectivity index (χ1v) is 11.9. The molecule has 0 radical (unpaired) electrons. The molecule has 8 nitrogen and oxygen atoms in total. The molecule has 32 heavy (non-hydrogen) atoms. The summed E-state index contributed by atoms with van der Waals surface area (Å²) < 4.78 is 11.8. The highest BCUT2D eigenvalue weighted by molar-refractivity contribution is 5.73. The largest absolute Gasteiger partial charge is 0.485 e. The van der Waals surface area contributed by atoms with Crippen molar-refractivity contribution in [3.8, 4) is 5.75 Å². The van der Waals surface area contributed by atoms with Crippen molar-refractivity contribution in [2.24, 2.45) is 0 Å². The van der Waals surface area contributed by atoms with Crippen molar-refractivity contribution in [1.29, 1.82) is 0 Å². The van der Waals surface area contributed by atoms with E-state index in [2.05, 4.69) is 44.5 Å². The van der Waals surface area contributed by atoms with Crippen molar-refractivity contribution in [3.05, 3.63) is 35.3 Å². The number of aryl methyl sites for hydroxylation is 1. The Labute approximate surface area is 189 Å². The molecule has 2 aromatic rings. The molecule has 0 spiro atoms. The molecule has 2 aromatic heterocycles. The smallest absolute Gasteiger partial charge is 0.164 e. The number of pyridine rings is 2. The van der Waals surface area contributed by atoms with Gasteiger partial charge in [-0.15, -0.1) is 0 Å². The van der Waals surface area contributed by atoms with Gasteiger partial charge in [-0.25, -0.2) is 4.98 Å². The summed E-state index contributed by atoms with van der Waals surface area (Å²) >= 11 is 0. The van der Waals surface area contributed by atoms with Gasteiger partial charge in [0.25, 0.3) is 0 Å². The number of piperidine rings is 1. The first-order valence-electron chi connectivity index (χ1n) is 11.9. The van der Waals surface area contributed by atoms with Gasteiger partial charge in [-0.1, -0.05) is 0 Å². The maximum Gasteiger partial charge on any atom is 0.164 e. The minimum atomic E-state index is 0.492. The normalized spacial score (nSPS) is 22.2. The summed E-state index contributed by atoms with van der Waals surface area (Å²) in [5.74, 6) is 2.23. The second-order valence-electron chi connectivity index (χ2n) is 9.30. The number of rotatable bonds is 3. The van der Waals surface area contributed by atoms with Crippen LogP contribution >= 0.6 is 0 Å². The average Bonchev–Trinajstić information content (AvgIpc) is 2.98. The monoisotopic (exact) mass is 436 g/mol. The first-order chi connectivity index (χ1) is 15.8. The highest BCUT2D eigenvalue weighted by Gasteiger charge is 2.31. The van der Waals surface area contributed by atoms with Crippen LogP contribution in [0.15, 0.2) is 18.3 Å². The maximum atomic E-state index is 6.31. The molecule has 170 valence electrons. The molecular weight excluding hydrogens is 404 g/mol. The van der Waals surface area contributed by atoms with Crippen LogP contribution in [0.2, 0.25) is 0 Å². The van der Waals surface area contributed by atoms with E-state index in [4.69, 9.17) is 14.5 Å². The highest BCUT2D eigenvalue weighted by atomic mass is 16.5. The zero-order valence-electron chi connectivity index (χ0n) is 18.8. The van der Waals surface area contributed by atoms with E-state index >= 15 is 0 Å². The average molecular weight is 437 g/mol. The summed E-state index contributed by atoms with van der Waals surface area (Å²) in [6.07, 6.45) is 4.22. The van der Waals surface area contributed by atoms with Gasteiger partial charge in [0.1, 0.15) is 12.4 Å². The number of aromatic nitrogens is 2. The minimum Gasteiger partial charge on any atom is -0.485 e. The van der Waals surface area contributed by atoms with Gasteiger partial charge in [-0.3, -0.25) is 9.88 Å². The number of hydrogen-bond acceptors (Lipinski definition) is 8. The Morgan fingerprint density at radius 2 is 1.91 bits per heavy atom. The zero-order chi connectivity index (χ0) is 21.5. The molecule has 0 atom stereocenters. The predicted molar refractivity (Wildman–Crippen MR) is 124 cm³/mol. The van der Waals surface area contributed by atoms with Gasteiger partial charge in [-0.2, -0.15) is 0 Å². The number of fused-ring (bicyclic) bond motifs is 2. The number of hydrogen-bond donors (Lipinski definition) is 2. The number of anilines is 3. The minimum absolute atomic E-state index is 0.492. The molecule has 8 heteroatoms. The molecule has 0 aromatic carbocycles. The molecule has 0 saturated carbocycles. The summed E-state index contributed by atoms with van der Waals surface area (Å²) in [7, 11) is 0. The Morgan fingerprint density at radius 3 is 2.66 bits per heavy atom. The topological polar surface area (TPSA) is 74.8 Å². The highest BCUT2D eigenvalue weighted by Crippen LogP contribution is 2.40. The van der Waals surface area contributed by atoms with Gasteiger partial charge in [0.05, 0.1) is 30.2 Å². The number of ether oxygens (including phenoxy) is 2. The van der Waals surface area contributed by atoms with Crippen LogP contribution in [-0.4, -0.2) is 73.4 Å². The maximum absolute atomic E-state index is 6.31. The van der Waals surface area contributed by atoms with Crippen LogP contribution < -0.4 is 20.3 Å². The van der Waals surface area contributed by atoms with Gasteiger partial charge < -0.3 is 25.0 Å². The lowest BCUT2D eigenvalue weighted by Gasteiger charge is -2.42. The van der Waals surface area contributed by atoms with Gasteiger partial charge in [0.15, 0.2) is 5.75 Å². The second kappa shape index (κ2) is 8.50. The van der Waals surface area contributed by atoms with Gasteiger partial charge >= 0.3 is 0 Å². The molecule has 3 saturated heterocycles. The van der Waals surface area contributed by atoms with Gasteiger partial charge in [-0.05, 0) is 45.0 Å². The summed E-state index contributed by atoms with van der Waals surface area (Å²) in [4.78, 5) is 14.7. The van der Waals surface area contributed by atoms with Crippen LogP contribution in [0.5, 0.6) is 5.75 Å². The Balaban J connectivity index is 1.25. The molecule has 0 amide bonds. The van der Waals surface area contributed by atoms with Gasteiger partial charge in [0.2, 0.25) is 0 Å². The standard InChI is InChI=1S/C24H32N6O2/c1-16-23-21(12-20(27-16)17-3-6-29(7-4-17)18-13-25-14-18)28-24-19(15-32-23)22(2-5-26-24)30-8-10-31-11-9-30/h2,5,12,17-18,25H,3-4,6-11,13-15H2,1H3,(H,26,28). The molecule has 3 fully saturated rings. The number of nitrogens with zero attached hydrogens (tertiary/aromatic N) is 4. The third-order valence-electron chi connectivity index (χ3n) is 7.38. The van der Waals surface area contributed by atoms with Crippen molar-refractivity contribution in [2.45, 2.75) is 38.3 Å². The number of likely N-dealkylation sites (tertiary alicyclic amines) is 1. The van der Waals surface area contributed by atoms with Gasteiger partial charge in [0, 0.05) is 55.7 Å². The molecule has 4 aliphatic heterocycles. The van der Waals surface area contributed by atoms with Crippen molar-refractivity contribution in [1.82, 2.24) is 20.2 Å². The lowest BCUT2D eigenvalue weighted by molar-refractivity contribution is 0.112. The Hall–Kier alpha value is -2.42. The van der Waals surface area contributed by atoms with E-state index < -0.39 is 0 Å². The first kappa shape index (κ1) is 20.2. The van der Waals surface area contributed by atoms with E-state index in [9.17, 15) is 0 Å². The van der Waals surface area contributed by atoms with Crippen LogP contribution in [0.3, 0.4) is 0 Å². The number of nitrogens with one attached hydrogen (secondary N) is 2. The van der Waals surface area contributed by atoms with Crippen molar-refractivity contribution in [2.75, 3.05) is 62.7 Å². The Bertz CT molecular complexity index is 981. The molecule has 6 heterocycles. The van der Waals surface area contributed by atoms with E-state index in [1.807, 2.05) is 6.20 Å². The molecule has 4 aliphatic rings. The van der Waals surface area contributed by atoms with Crippen LogP contribution in [0.4, 0.5) is 17.2 Å². The number of morpholine rings is 1. The third kappa shape index (κ3) is 3.70. The quantitative estimate of drug-likeness (QED) is 0.760. The van der Waals surface area contributed by atoms with E-state index in [-0.39, 0.29) is 0 Å². The summed E-state index contributed by atoms with van der Waals surface area (Å²) in [5.41, 5.74) is 5.41. The van der Waals surface area contributed by atoms with E-state index in [1.165, 1.54) is 24.2 Å². The SMILES string of the molecule is Cc1nc(C2CCN(C3CNC3)CC2)cc2c1OCc1c(N3CCOCC3)ccnc1N2. The summed E-state index contributed by atoms with van der Waals surface area (Å²) in [6, 6.07) is 5.02. The van der Waals surface area contributed by atoms with E-state index in [0.717, 1.165) is 87.0 Å². The Morgan fingerprint density at radius 1 is 1.09 bits per heavy atom. The zero-order valence-corrected chi connectivity index (χ0v) is 18.8. The third-order valence-corrected chi connectivity index (χ3v) is 7.38. The molecule has 6 rings (SSSR count). The molecular formula is C24H32N6O2. The van der Waals surface area contributed by atoms with Crippen LogP contribution in [-0.2, 0) is 11.3 Å². The summed E-state index contributed by atoms with van der Waals surface area (Å²) in [5, 5.41) is 6.99. The van der Waals surface area contributed by atoms with Crippen molar-refractivity contribution < 1.29 is 9.47 Å². The molecule has 0 bridgehead atoms. The second-order valence-corrected chi connectivity index (χ2v) is 9.30. The fraction of sp³-hybridized carbons (Fsp3) is 0.583. The lowest BCUT2D eigenvalue weighted by atomic mass is 9.91. The fourth-order valence-corrected chi connectivity index (χ4v) is 5.37. The predicted octanol–water partition coefficient (Wildman–Crippen LogP) is 2.41. The van der Waals surface area contributed by atoms with Crippen LogP contribution in [0, 0.1) is 6.92 Å². The van der Waals surface area contributed by atoms with E-state index in [1.54, 1.807) is 0 Å². The molecule has 0 unspecified atom stereocenters. The fourth-order valence-electron chi connectivity index (χ4n) is 5.37. The summed E-state index contributed by atoms with van der Waals surface area (Å²) in [6.45, 7) is 10.5. The van der Waals surface area contributed by atoms with E-state index in [0.29, 0.717) is 12.5 Å². The van der Waals surface area contributed by atoms with Crippen LogP contribution in [0.1, 0.15) is 35.7 Å². The Kier molecular flexibility index (Phi) is 5.37. The van der Waals surface area contributed by atoms with Crippen LogP contribution in [0.25, 0.3) is 0 Å². The van der Waals surface area contributed by atoms with Crippen molar-refractivity contribution >= 4 is 17.2 Å². The molecule has 0 aliphatic carbocycles. The van der Waals surface area contributed by atoms with Crippen molar-refractivity contribution in [3.63, 3.8) is 0 Å². The molecule has 2 N–H and O–H groups in total. The lowest BCUT2D eigenvalue weighted by Crippen LogP contribution is -2.58.